The zero-order chi connectivity index (χ0) is 24.2. The summed E-state index contributed by atoms with van der Waals surface area (Å²) in [6.45, 7) is 3.90. The predicted molar refractivity (Wildman–Crippen MR) is 134 cm³/mol. The second-order valence-corrected chi connectivity index (χ2v) is 9.98. The molecule has 0 saturated carbocycles. The molecular formula is C29H28F4S. The molecule has 0 nitrogen and oxygen atoms in total. The van der Waals surface area contributed by atoms with Crippen molar-refractivity contribution in [1.82, 2.24) is 0 Å². The van der Waals surface area contributed by atoms with Gasteiger partial charge in [0.05, 0.1) is 0 Å². The topological polar surface area (TPSA) is 0 Å². The fraction of sp³-hybridized carbons (Fsp3) is 0.310. The highest BCUT2D eigenvalue weighted by molar-refractivity contribution is 7.99. The van der Waals surface area contributed by atoms with Crippen LogP contribution < -0.4 is 0 Å². The van der Waals surface area contributed by atoms with E-state index in [9.17, 15) is 13.2 Å². The fourth-order valence-electron chi connectivity index (χ4n) is 4.58. The van der Waals surface area contributed by atoms with Crippen molar-refractivity contribution in [2.75, 3.05) is 5.75 Å². The molecule has 178 valence electrons. The van der Waals surface area contributed by atoms with Crippen LogP contribution in [0.2, 0.25) is 0 Å². The molecule has 0 amide bonds. The van der Waals surface area contributed by atoms with Crippen LogP contribution in [0.1, 0.15) is 49.5 Å². The Morgan fingerprint density at radius 3 is 2.03 bits per heavy atom. The van der Waals surface area contributed by atoms with E-state index in [1.54, 1.807) is 12.1 Å². The van der Waals surface area contributed by atoms with Gasteiger partial charge < -0.3 is 0 Å². The van der Waals surface area contributed by atoms with Crippen molar-refractivity contribution in [2.24, 2.45) is 5.92 Å². The van der Waals surface area contributed by atoms with Crippen LogP contribution in [-0.2, 0) is 6.42 Å². The van der Waals surface area contributed by atoms with Gasteiger partial charge in [0.2, 0.25) is 0 Å². The van der Waals surface area contributed by atoms with Crippen molar-refractivity contribution in [1.29, 1.82) is 0 Å². The van der Waals surface area contributed by atoms with Crippen molar-refractivity contribution >= 4 is 11.8 Å². The maximum absolute atomic E-state index is 15.0. The van der Waals surface area contributed by atoms with Crippen LogP contribution in [0.25, 0.3) is 22.3 Å². The Morgan fingerprint density at radius 2 is 1.41 bits per heavy atom. The Labute approximate surface area is 203 Å². The predicted octanol–water partition coefficient (Wildman–Crippen LogP) is 9.29. The highest BCUT2D eigenvalue weighted by Crippen LogP contribution is 2.42. The molecule has 1 fully saturated rings. The molecular weight excluding hydrogens is 456 g/mol. The lowest BCUT2D eigenvalue weighted by molar-refractivity contribution is 0.495. The van der Waals surface area contributed by atoms with Crippen LogP contribution in [0.5, 0.6) is 0 Å². The summed E-state index contributed by atoms with van der Waals surface area (Å²) in [7, 11) is 0. The summed E-state index contributed by atoms with van der Waals surface area (Å²) in [6.07, 6.45) is 7.61. The molecule has 0 spiro atoms. The summed E-state index contributed by atoms with van der Waals surface area (Å²) in [4.78, 5) is 0. The van der Waals surface area contributed by atoms with Crippen molar-refractivity contribution in [3.8, 4) is 22.3 Å². The van der Waals surface area contributed by atoms with Gasteiger partial charge in [-0.3, -0.25) is 0 Å². The monoisotopic (exact) mass is 484 g/mol. The van der Waals surface area contributed by atoms with Crippen molar-refractivity contribution in [2.45, 2.75) is 44.8 Å². The molecule has 0 N–H and O–H groups in total. The van der Waals surface area contributed by atoms with Gasteiger partial charge in [-0.15, -0.1) is 0 Å². The SMILES string of the molecule is CC=CC1CC[C@@H](c2ccc(-c3ccc(-c4ccc(CCC)c(F)c4F)c(F)c3F)cc2)SC1. The third-order valence-electron chi connectivity index (χ3n) is 6.42. The van der Waals surface area contributed by atoms with Crippen LogP contribution in [0.15, 0.2) is 60.7 Å². The Balaban J connectivity index is 1.58. The first-order chi connectivity index (χ1) is 16.4. The summed E-state index contributed by atoms with van der Waals surface area (Å²) in [5.41, 5.74) is 1.49. The van der Waals surface area contributed by atoms with Crippen LogP contribution in [0, 0.1) is 29.2 Å². The van der Waals surface area contributed by atoms with Crippen LogP contribution in [0.4, 0.5) is 17.6 Å². The van der Waals surface area contributed by atoms with Gasteiger partial charge in [0, 0.05) is 27.7 Å². The quantitative estimate of drug-likeness (QED) is 0.248. The molecule has 1 saturated heterocycles. The molecule has 1 aliphatic heterocycles. The van der Waals surface area contributed by atoms with Crippen molar-refractivity contribution < 1.29 is 17.6 Å². The lowest BCUT2D eigenvalue weighted by Crippen LogP contribution is -2.11. The summed E-state index contributed by atoms with van der Waals surface area (Å²) in [5, 5.41) is 0.396. The maximum atomic E-state index is 15.0. The number of hydrogen-bond acceptors (Lipinski definition) is 1. The molecule has 0 bridgehead atoms. The zero-order valence-electron chi connectivity index (χ0n) is 19.4. The second kappa shape index (κ2) is 10.8. The van der Waals surface area contributed by atoms with E-state index in [1.165, 1.54) is 29.8 Å². The average Bonchev–Trinajstić information content (AvgIpc) is 2.85. The highest BCUT2D eigenvalue weighted by Gasteiger charge is 2.23. The third kappa shape index (κ3) is 4.95. The highest BCUT2D eigenvalue weighted by atomic mass is 32.2. The summed E-state index contributed by atoms with van der Waals surface area (Å²) in [5.74, 6) is -2.71. The van der Waals surface area contributed by atoms with E-state index < -0.39 is 23.3 Å². The minimum atomic E-state index is -1.18. The fourth-order valence-corrected chi connectivity index (χ4v) is 5.99. The molecule has 0 radical (unpaired) electrons. The van der Waals surface area contributed by atoms with E-state index in [2.05, 4.69) is 12.2 Å². The lowest BCUT2D eigenvalue weighted by atomic mass is 9.95. The molecule has 1 aliphatic rings. The number of aryl methyl sites for hydroxylation is 1. The van der Waals surface area contributed by atoms with Gasteiger partial charge in [-0.25, -0.2) is 17.6 Å². The minimum absolute atomic E-state index is 0.0979. The molecule has 4 rings (SSSR count). The average molecular weight is 485 g/mol. The van der Waals surface area contributed by atoms with Gasteiger partial charge in [-0.05, 0) is 48.8 Å². The van der Waals surface area contributed by atoms with Gasteiger partial charge in [0.25, 0.3) is 0 Å². The first-order valence-electron chi connectivity index (χ1n) is 11.7. The standard InChI is InChI=1S/C29H28F4S/c1-3-5-18-7-16-25(34-17-18)20-10-8-19(9-11-20)22-14-15-24(29(33)27(22)31)23-13-12-21(6-4-2)26(30)28(23)32/h3,5,8-15,18,25H,4,6-7,16-17H2,1-2H3/t18?,25-/m0/s1. The number of rotatable bonds is 6. The first kappa shape index (κ1) is 24.6. The van der Waals surface area contributed by atoms with E-state index in [1.807, 2.05) is 37.7 Å². The molecule has 5 heteroatoms. The summed E-state index contributed by atoms with van der Waals surface area (Å²) >= 11 is 1.93. The van der Waals surface area contributed by atoms with Crippen LogP contribution in [0.3, 0.4) is 0 Å². The van der Waals surface area contributed by atoms with Gasteiger partial charge in [-0.2, -0.15) is 11.8 Å². The van der Waals surface area contributed by atoms with Crippen molar-refractivity contribution in [3.05, 3.63) is 95.1 Å². The molecule has 0 aromatic heterocycles. The lowest BCUT2D eigenvalue weighted by Gasteiger charge is -2.26. The number of hydrogen-bond donors (Lipinski definition) is 0. The number of benzene rings is 3. The number of allylic oxidation sites excluding steroid dienone is 2. The van der Waals surface area contributed by atoms with E-state index >= 15 is 4.39 Å². The zero-order valence-corrected chi connectivity index (χ0v) is 20.2. The normalized spacial score (nSPS) is 18.5. The molecule has 2 atom stereocenters. The molecule has 1 unspecified atom stereocenters. The summed E-state index contributed by atoms with van der Waals surface area (Å²) in [6, 6.07) is 13.0. The molecule has 1 heterocycles. The van der Waals surface area contributed by atoms with E-state index in [0.717, 1.165) is 18.6 Å². The molecule has 3 aromatic rings. The molecule has 34 heavy (non-hydrogen) atoms. The van der Waals surface area contributed by atoms with Crippen molar-refractivity contribution in [3.63, 3.8) is 0 Å². The van der Waals surface area contributed by atoms with Gasteiger partial charge >= 0.3 is 0 Å². The second-order valence-electron chi connectivity index (χ2n) is 8.75. The number of thioether (sulfide) groups is 1. The van der Waals surface area contributed by atoms with Gasteiger partial charge in [0.1, 0.15) is 0 Å². The van der Waals surface area contributed by atoms with Gasteiger partial charge in [0.15, 0.2) is 23.3 Å². The first-order valence-corrected chi connectivity index (χ1v) is 12.8. The summed E-state index contributed by atoms with van der Waals surface area (Å²) < 4.78 is 59.0. The Hall–Kier alpha value is -2.53. The Bertz CT molecular complexity index is 1180. The molecule has 0 aliphatic carbocycles. The van der Waals surface area contributed by atoms with Gasteiger partial charge in [-0.1, -0.05) is 74.0 Å². The third-order valence-corrected chi connectivity index (χ3v) is 7.95. The Morgan fingerprint density at radius 1 is 0.794 bits per heavy atom. The Kier molecular flexibility index (Phi) is 7.82. The minimum Gasteiger partial charge on any atom is -0.203 e. The van der Waals surface area contributed by atoms with E-state index in [4.69, 9.17) is 0 Å². The van der Waals surface area contributed by atoms with Crippen LogP contribution >= 0.6 is 11.8 Å². The van der Waals surface area contributed by atoms with E-state index in [0.29, 0.717) is 29.6 Å². The number of halogens is 4. The molecule has 3 aromatic carbocycles. The smallest absolute Gasteiger partial charge is 0.167 e. The van der Waals surface area contributed by atoms with Crippen LogP contribution in [-0.4, -0.2) is 5.75 Å². The largest absolute Gasteiger partial charge is 0.203 e. The maximum Gasteiger partial charge on any atom is 0.167 e. The van der Waals surface area contributed by atoms with E-state index in [-0.39, 0.29) is 22.3 Å².